The van der Waals surface area contributed by atoms with Crippen LogP contribution in [0.3, 0.4) is 0 Å². The first-order chi connectivity index (χ1) is 8.50. The highest BCUT2D eigenvalue weighted by molar-refractivity contribution is 7.99. The highest BCUT2D eigenvalue weighted by Crippen LogP contribution is 2.06. The third kappa shape index (κ3) is 4.79. The number of amides is 1. The molecule has 0 spiro atoms. The van der Waals surface area contributed by atoms with Crippen LogP contribution in [0.15, 0.2) is 12.4 Å². The number of thioether (sulfide) groups is 1. The standard InChI is InChI=1S/C11H17N3O3S/c1-8-12-3-4-14(8)5-6-18-7-10(11(16)17)13-9(2)15/h3-4,10H,5-7H2,1-2H3,(H,13,15)(H,16,17)/t10-/m0/s1. The molecule has 1 aromatic heterocycles. The van der Waals surface area contributed by atoms with Crippen LogP contribution in [0, 0.1) is 6.92 Å². The predicted molar refractivity (Wildman–Crippen MR) is 69.5 cm³/mol. The second-order valence-electron chi connectivity index (χ2n) is 3.83. The Labute approximate surface area is 110 Å². The van der Waals surface area contributed by atoms with Crippen LogP contribution >= 0.6 is 11.8 Å². The van der Waals surface area contributed by atoms with Crippen molar-refractivity contribution in [2.24, 2.45) is 0 Å². The van der Waals surface area contributed by atoms with Crippen LogP contribution < -0.4 is 5.32 Å². The molecule has 0 saturated carbocycles. The number of aryl methyl sites for hydroxylation is 2. The maximum Gasteiger partial charge on any atom is 0.327 e. The van der Waals surface area contributed by atoms with Gasteiger partial charge < -0.3 is 15.0 Å². The molecule has 1 atom stereocenters. The molecule has 0 aliphatic rings. The molecule has 1 amide bonds. The number of nitrogens with one attached hydrogen (secondary N) is 1. The zero-order valence-electron chi connectivity index (χ0n) is 10.4. The van der Waals surface area contributed by atoms with Crippen molar-refractivity contribution < 1.29 is 14.7 Å². The number of rotatable bonds is 7. The zero-order valence-corrected chi connectivity index (χ0v) is 11.2. The first-order valence-electron chi connectivity index (χ1n) is 5.56. The molecule has 7 heteroatoms. The lowest BCUT2D eigenvalue weighted by Gasteiger charge is -2.12. The summed E-state index contributed by atoms with van der Waals surface area (Å²) in [7, 11) is 0. The highest BCUT2D eigenvalue weighted by atomic mass is 32.2. The monoisotopic (exact) mass is 271 g/mol. The van der Waals surface area contributed by atoms with E-state index in [0.29, 0.717) is 5.75 Å². The van der Waals surface area contributed by atoms with Crippen LogP contribution in [0.1, 0.15) is 12.7 Å². The molecule has 0 aromatic carbocycles. The average Bonchev–Trinajstić information content (AvgIpc) is 2.68. The van der Waals surface area contributed by atoms with E-state index in [2.05, 4.69) is 10.3 Å². The smallest absolute Gasteiger partial charge is 0.327 e. The molecular weight excluding hydrogens is 254 g/mol. The lowest BCUT2D eigenvalue weighted by atomic mass is 10.3. The third-order valence-corrected chi connectivity index (χ3v) is 3.40. The number of carbonyl (C=O) groups excluding carboxylic acids is 1. The molecule has 0 saturated heterocycles. The van der Waals surface area contributed by atoms with Gasteiger partial charge in [0.1, 0.15) is 11.9 Å². The fourth-order valence-electron chi connectivity index (χ4n) is 1.42. The third-order valence-electron chi connectivity index (χ3n) is 2.36. The van der Waals surface area contributed by atoms with Crippen molar-refractivity contribution in [2.45, 2.75) is 26.4 Å². The lowest BCUT2D eigenvalue weighted by molar-refractivity contribution is -0.140. The number of nitrogens with zero attached hydrogens (tertiary/aromatic N) is 2. The molecule has 100 valence electrons. The number of hydrogen-bond donors (Lipinski definition) is 2. The number of hydrogen-bond acceptors (Lipinski definition) is 4. The molecule has 0 fully saturated rings. The minimum Gasteiger partial charge on any atom is -0.480 e. The Kier molecular flexibility index (Phi) is 5.70. The van der Waals surface area contributed by atoms with Gasteiger partial charge in [-0.2, -0.15) is 11.8 Å². The first-order valence-corrected chi connectivity index (χ1v) is 6.71. The van der Waals surface area contributed by atoms with E-state index in [1.165, 1.54) is 18.7 Å². The van der Waals surface area contributed by atoms with Gasteiger partial charge in [0.05, 0.1) is 0 Å². The van der Waals surface area contributed by atoms with E-state index in [0.717, 1.165) is 18.1 Å². The van der Waals surface area contributed by atoms with Gasteiger partial charge in [-0.25, -0.2) is 9.78 Å². The van der Waals surface area contributed by atoms with Gasteiger partial charge in [0.2, 0.25) is 5.91 Å². The molecular formula is C11H17N3O3S. The average molecular weight is 271 g/mol. The Bertz CT molecular complexity index is 419. The minimum atomic E-state index is -1.00. The van der Waals surface area contributed by atoms with Crippen molar-refractivity contribution in [3.63, 3.8) is 0 Å². The largest absolute Gasteiger partial charge is 0.480 e. The fraction of sp³-hybridized carbons (Fsp3) is 0.545. The molecule has 0 aliphatic carbocycles. The number of carboxylic acids is 1. The number of carboxylic acid groups (broad SMARTS) is 1. The lowest BCUT2D eigenvalue weighted by Crippen LogP contribution is -2.41. The molecule has 0 unspecified atom stereocenters. The van der Waals surface area contributed by atoms with Crippen LogP contribution in [0.5, 0.6) is 0 Å². The normalized spacial score (nSPS) is 12.1. The van der Waals surface area contributed by atoms with Gasteiger partial charge in [-0.3, -0.25) is 4.79 Å². The van der Waals surface area contributed by atoms with E-state index in [-0.39, 0.29) is 5.91 Å². The van der Waals surface area contributed by atoms with Crippen molar-refractivity contribution in [3.8, 4) is 0 Å². The molecule has 1 heterocycles. The van der Waals surface area contributed by atoms with Crippen molar-refractivity contribution in [1.82, 2.24) is 14.9 Å². The van der Waals surface area contributed by atoms with Crippen molar-refractivity contribution in [2.75, 3.05) is 11.5 Å². The van der Waals surface area contributed by atoms with Gasteiger partial charge in [0.15, 0.2) is 0 Å². The van der Waals surface area contributed by atoms with Crippen molar-refractivity contribution in [1.29, 1.82) is 0 Å². The van der Waals surface area contributed by atoms with Crippen molar-refractivity contribution in [3.05, 3.63) is 18.2 Å². The summed E-state index contributed by atoms with van der Waals surface area (Å²) < 4.78 is 2.00. The Morgan fingerprint density at radius 2 is 2.33 bits per heavy atom. The summed E-state index contributed by atoms with van der Waals surface area (Å²) in [4.78, 5) is 25.8. The molecule has 2 N–H and O–H groups in total. The maximum atomic E-state index is 10.9. The highest BCUT2D eigenvalue weighted by Gasteiger charge is 2.17. The van der Waals surface area contributed by atoms with Crippen LogP contribution in [0.25, 0.3) is 0 Å². The maximum absolute atomic E-state index is 10.9. The molecule has 18 heavy (non-hydrogen) atoms. The minimum absolute atomic E-state index is 0.326. The summed E-state index contributed by atoms with van der Waals surface area (Å²) in [5.74, 6) is 0.751. The summed E-state index contributed by atoms with van der Waals surface area (Å²) in [6, 6.07) is -0.823. The second kappa shape index (κ2) is 7.05. The zero-order chi connectivity index (χ0) is 13.5. The van der Waals surface area contributed by atoms with Crippen LogP contribution in [0.4, 0.5) is 0 Å². The predicted octanol–water partition coefficient (Wildman–Crippen LogP) is 0.514. The van der Waals surface area contributed by atoms with Crippen LogP contribution in [0.2, 0.25) is 0 Å². The summed E-state index contributed by atoms with van der Waals surface area (Å²) in [5, 5.41) is 11.3. The number of aromatic nitrogens is 2. The Morgan fingerprint density at radius 3 is 2.83 bits per heavy atom. The second-order valence-corrected chi connectivity index (χ2v) is 4.98. The molecule has 0 aliphatic heterocycles. The number of carbonyl (C=O) groups is 2. The SMILES string of the molecule is CC(=O)N[C@@H](CSCCn1ccnc1C)C(=O)O. The van der Waals surface area contributed by atoms with Gasteiger partial charge in [0.25, 0.3) is 0 Å². The number of imidazole rings is 1. The van der Waals surface area contributed by atoms with Gasteiger partial charge in [-0.15, -0.1) is 0 Å². The first kappa shape index (κ1) is 14.6. The van der Waals surface area contributed by atoms with Gasteiger partial charge in [-0.1, -0.05) is 0 Å². The Morgan fingerprint density at radius 1 is 1.61 bits per heavy atom. The van der Waals surface area contributed by atoms with E-state index in [1.807, 2.05) is 17.7 Å². The molecule has 6 nitrogen and oxygen atoms in total. The summed E-state index contributed by atoms with van der Waals surface area (Å²) >= 11 is 1.49. The van der Waals surface area contributed by atoms with E-state index in [4.69, 9.17) is 5.11 Å². The molecule has 0 radical (unpaired) electrons. The van der Waals surface area contributed by atoms with Gasteiger partial charge >= 0.3 is 5.97 Å². The Hall–Kier alpha value is -1.50. The molecule has 1 rings (SSSR count). The van der Waals surface area contributed by atoms with E-state index < -0.39 is 12.0 Å². The fourth-order valence-corrected chi connectivity index (χ4v) is 2.38. The van der Waals surface area contributed by atoms with Crippen LogP contribution in [-0.2, 0) is 16.1 Å². The number of aliphatic carboxylic acids is 1. The van der Waals surface area contributed by atoms with E-state index >= 15 is 0 Å². The summed E-state index contributed by atoms with van der Waals surface area (Å²) in [6.45, 7) is 4.01. The molecule has 1 aromatic rings. The van der Waals surface area contributed by atoms with E-state index in [9.17, 15) is 9.59 Å². The quantitative estimate of drug-likeness (QED) is 0.706. The summed E-state index contributed by atoms with van der Waals surface area (Å²) in [6.07, 6.45) is 3.62. The molecule has 0 bridgehead atoms. The Balaban J connectivity index is 2.29. The van der Waals surface area contributed by atoms with Gasteiger partial charge in [0, 0.05) is 37.4 Å². The topological polar surface area (TPSA) is 84.2 Å². The van der Waals surface area contributed by atoms with Crippen LogP contribution in [-0.4, -0.2) is 44.1 Å². The van der Waals surface area contributed by atoms with Gasteiger partial charge in [-0.05, 0) is 6.92 Å². The van der Waals surface area contributed by atoms with E-state index in [1.54, 1.807) is 6.20 Å². The summed E-state index contributed by atoms with van der Waals surface area (Å²) in [5.41, 5.74) is 0. The van der Waals surface area contributed by atoms with Crippen molar-refractivity contribution >= 4 is 23.6 Å².